The first-order valence-electron chi connectivity index (χ1n) is 9.47. The minimum absolute atomic E-state index is 0.0406. The molecule has 0 aliphatic rings. The quantitative estimate of drug-likeness (QED) is 0.430. The average molecular weight is 445 g/mol. The summed E-state index contributed by atoms with van der Waals surface area (Å²) in [5, 5.41) is 11.6. The highest BCUT2D eigenvalue weighted by Gasteiger charge is 2.30. The van der Waals surface area contributed by atoms with Gasteiger partial charge in [-0.25, -0.2) is 4.98 Å². The Morgan fingerprint density at radius 2 is 1.90 bits per heavy atom. The molecule has 31 heavy (non-hydrogen) atoms. The monoisotopic (exact) mass is 445 g/mol. The SMILES string of the molecule is CC(C)c1nnc2c(SCC(=O)Nc3cccc(C(F)(F)F)c3)nc3ccccc3n12. The van der Waals surface area contributed by atoms with Crippen LogP contribution in [0, 0.1) is 0 Å². The van der Waals surface area contributed by atoms with Gasteiger partial charge in [-0.2, -0.15) is 13.2 Å². The molecule has 0 unspecified atom stereocenters. The standard InChI is InChI=1S/C21H18F3N5OS/c1-12(2)18-27-28-19-20(26-15-8-3-4-9-16(15)29(18)19)31-11-17(30)25-14-7-5-6-13(10-14)21(22,23)24/h3-10,12H,11H2,1-2H3,(H,25,30). The van der Waals surface area contributed by atoms with Gasteiger partial charge in [-0.3, -0.25) is 9.20 Å². The molecule has 0 fully saturated rings. The molecule has 0 saturated carbocycles. The molecule has 0 saturated heterocycles. The number of para-hydroxylation sites is 2. The highest BCUT2D eigenvalue weighted by Crippen LogP contribution is 2.31. The van der Waals surface area contributed by atoms with Crippen molar-refractivity contribution in [1.82, 2.24) is 19.6 Å². The summed E-state index contributed by atoms with van der Waals surface area (Å²) in [4.78, 5) is 17.0. The maximum absolute atomic E-state index is 12.9. The summed E-state index contributed by atoms with van der Waals surface area (Å²) in [6.07, 6.45) is -4.47. The number of hydrogen-bond acceptors (Lipinski definition) is 5. The second-order valence-corrected chi connectivity index (χ2v) is 8.16. The van der Waals surface area contributed by atoms with Gasteiger partial charge in [0.15, 0.2) is 5.65 Å². The van der Waals surface area contributed by atoms with Gasteiger partial charge >= 0.3 is 6.18 Å². The van der Waals surface area contributed by atoms with Gasteiger partial charge in [-0.1, -0.05) is 43.8 Å². The van der Waals surface area contributed by atoms with Crippen LogP contribution in [0.1, 0.15) is 31.2 Å². The van der Waals surface area contributed by atoms with E-state index in [1.165, 1.54) is 12.1 Å². The lowest BCUT2D eigenvalue weighted by Gasteiger charge is -2.11. The van der Waals surface area contributed by atoms with Crippen molar-refractivity contribution in [3.8, 4) is 0 Å². The maximum atomic E-state index is 12.9. The number of halogens is 3. The van der Waals surface area contributed by atoms with Crippen LogP contribution < -0.4 is 5.32 Å². The van der Waals surface area contributed by atoms with Crippen LogP contribution in [0.25, 0.3) is 16.7 Å². The molecule has 2 heterocycles. The number of nitrogens with zero attached hydrogens (tertiary/aromatic N) is 4. The molecule has 160 valence electrons. The van der Waals surface area contributed by atoms with Crippen LogP contribution in [-0.4, -0.2) is 31.2 Å². The largest absolute Gasteiger partial charge is 0.416 e. The molecule has 4 rings (SSSR count). The number of fused-ring (bicyclic) bond motifs is 3. The Bertz CT molecular complexity index is 1270. The Kier molecular flexibility index (Phi) is 5.57. The topological polar surface area (TPSA) is 72.2 Å². The van der Waals surface area contributed by atoms with Crippen LogP contribution in [0.2, 0.25) is 0 Å². The van der Waals surface area contributed by atoms with Gasteiger partial charge in [0.1, 0.15) is 10.9 Å². The third-order valence-electron chi connectivity index (χ3n) is 4.55. The Morgan fingerprint density at radius 3 is 2.65 bits per heavy atom. The van der Waals surface area contributed by atoms with E-state index in [1.54, 1.807) is 0 Å². The van der Waals surface area contributed by atoms with E-state index < -0.39 is 17.6 Å². The number of nitrogens with one attached hydrogen (secondary N) is 1. The summed E-state index contributed by atoms with van der Waals surface area (Å²) in [6.45, 7) is 4.03. The Balaban J connectivity index is 1.58. The number of hydrogen-bond donors (Lipinski definition) is 1. The highest BCUT2D eigenvalue weighted by atomic mass is 32.2. The van der Waals surface area contributed by atoms with Gasteiger partial charge in [0.05, 0.1) is 22.3 Å². The number of anilines is 1. The first-order valence-corrected chi connectivity index (χ1v) is 10.5. The maximum Gasteiger partial charge on any atom is 0.416 e. The minimum Gasteiger partial charge on any atom is -0.325 e. The lowest BCUT2D eigenvalue weighted by molar-refractivity contribution is -0.137. The molecular formula is C21H18F3N5OS. The van der Waals surface area contributed by atoms with Crippen LogP contribution in [0.4, 0.5) is 18.9 Å². The Morgan fingerprint density at radius 1 is 1.13 bits per heavy atom. The predicted octanol–water partition coefficient (Wildman–Crippen LogP) is 5.15. The van der Waals surface area contributed by atoms with E-state index >= 15 is 0 Å². The van der Waals surface area contributed by atoms with E-state index in [0.29, 0.717) is 10.7 Å². The number of alkyl halides is 3. The van der Waals surface area contributed by atoms with E-state index in [2.05, 4.69) is 20.5 Å². The summed E-state index contributed by atoms with van der Waals surface area (Å²) in [7, 11) is 0. The van der Waals surface area contributed by atoms with Crippen LogP contribution in [0.5, 0.6) is 0 Å². The second-order valence-electron chi connectivity index (χ2n) is 7.19. The molecule has 0 bridgehead atoms. The van der Waals surface area contributed by atoms with Crippen molar-refractivity contribution in [1.29, 1.82) is 0 Å². The highest BCUT2D eigenvalue weighted by molar-refractivity contribution is 8.00. The van der Waals surface area contributed by atoms with Crippen LogP contribution in [0.3, 0.4) is 0 Å². The first-order chi connectivity index (χ1) is 14.7. The number of carbonyl (C=O) groups excluding carboxylic acids is 1. The molecule has 0 aliphatic heterocycles. The fourth-order valence-corrected chi connectivity index (χ4v) is 3.92. The van der Waals surface area contributed by atoms with E-state index in [0.717, 1.165) is 40.8 Å². The molecule has 0 radical (unpaired) electrons. The first kappa shape index (κ1) is 21.1. The van der Waals surface area contributed by atoms with Crippen molar-refractivity contribution in [3.63, 3.8) is 0 Å². The van der Waals surface area contributed by atoms with E-state index in [9.17, 15) is 18.0 Å². The number of benzene rings is 2. The molecule has 0 aliphatic carbocycles. The normalized spacial score (nSPS) is 12.1. The summed E-state index contributed by atoms with van der Waals surface area (Å²) >= 11 is 1.16. The molecule has 1 amide bonds. The summed E-state index contributed by atoms with van der Waals surface area (Å²) in [5.41, 5.74) is 1.41. The minimum atomic E-state index is -4.47. The lowest BCUT2D eigenvalue weighted by atomic mass is 10.2. The number of rotatable bonds is 5. The molecule has 0 atom stereocenters. The molecule has 0 spiro atoms. The molecule has 10 heteroatoms. The zero-order valence-corrected chi connectivity index (χ0v) is 17.5. The fourth-order valence-electron chi connectivity index (χ4n) is 3.15. The zero-order chi connectivity index (χ0) is 22.2. The average Bonchev–Trinajstić information content (AvgIpc) is 3.18. The van der Waals surface area contributed by atoms with Crippen LogP contribution in [-0.2, 0) is 11.0 Å². The fraction of sp³-hybridized carbons (Fsp3) is 0.238. The molecule has 2 aromatic heterocycles. The van der Waals surface area contributed by atoms with Gasteiger partial charge < -0.3 is 5.32 Å². The summed E-state index contributed by atoms with van der Waals surface area (Å²) < 4.78 is 40.5. The third kappa shape index (κ3) is 4.34. The van der Waals surface area contributed by atoms with Crippen molar-refractivity contribution < 1.29 is 18.0 Å². The van der Waals surface area contributed by atoms with Gasteiger partial charge in [-0.05, 0) is 30.3 Å². The van der Waals surface area contributed by atoms with Crippen molar-refractivity contribution >= 4 is 40.0 Å². The smallest absolute Gasteiger partial charge is 0.325 e. The van der Waals surface area contributed by atoms with Crippen molar-refractivity contribution in [2.24, 2.45) is 0 Å². The zero-order valence-electron chi connectivity index (χ0n) is 16.6. The van der Waals surface area contributed by atoms with Gasteiger partial charge in [-0.15, -0.1) is 10.2 Å². The van der Waals surface area contributed by atoms with Gasteiger partial charge in [0.2, 0.25) is 5.91 Å². The van der Waals surface area contributed by atoms with E-state index in [1.807, 2.05) is 42.5 Å². The Hall–Kier alpha value is -3.14. The van der Waals surface area contributed by atoms with E-state index in [-0.39, 0.29) is 17.4 Å². The van der Waals surface area contributed by atoms with Crippen molar-refractivity contribution in [3.05, 3.63) is 59.9 Å². The van der Waals surface area contributed by atoms with Gasteiger partial charge in [0, 0.05) is 11.6 Å². The van der Waals surface area contributed by atoms with Gasteiger partial charge in [0.25, 0.3) is 0 Å². The summed E-state index contributed by atoms with van der Waals surface area (Å²) in [6, 6.07) is 12.1. The third-order valence-corrected chi connectivity index (χ3v) is 5.51. The van der Waals surface area contributed by atoms with Crippen LogP contribution in [0.15, 0.2) is 53.6 Å². The van der Waals surface area contributed by atoms with E-state index in [4.69, 9.17) is 0 Å². The molecule has 2 aromatic carbocycles. The molecule has 6 nitrogen and oxygen atoms in total. The Labute approximate surface area is 179 Å². The lowest BCUT2D eigenvalue weighted by Crippen LogP contribution is -2.15. The summed E-state index contributed by atoms with van der Waals surface area (Å²) in [5.74, 6) is 0.425. The molecule has 4 aromatic rings. The van der Waals surface area contributed by atoms with Crippen molar-refractivity contribution in [2.45, 2.75) is 31.0 Å². The number of aromatic nitrogens is 4. The molecular weight excluding hydrogens is 427 g/mol. The number of amides is 1. The van der Waals surface area contributed by atoms with Crippen molar-refractivity contribution in [2.75, 3.05) is 11.1 Å². The predicted molar refractivity (Wildman–Crippen MR) is 113 cm³/mol. The van der Waals surface area contributed by atoms with Crippen LogP contribution >= 0.6 is 11.8 Å². The number of thioether (sulfide) groups is 1. The molecule has 1 N–H and O–H groups in total. The second kappa shape index (κ2) is 8.18. The number of carbonyl (C=O) groups is 1.